The molecule has 26 heavy (non-hydrogen) atoms. The highest BCUT2D eigenvalue weighted by Gasteiger charge is 2.26. The first-order valence-electron chi connectivity index (χ1n) is 7.63. The molecular formula is C15H14FN7O3. The first kappa shape index (κ1) is 17.2. The van der Waals surface area contributed by atoms with E-state index in [0.717, 1.165) is 5.56 Å². The summed E-state index contributed by atoms with van der Waals surface area (Å²) in [5.41, 5.74) is 0.0910. The van der Waals surface area contributed by atoms with E-state index in [1.165, 1.54) is 34.0 Å². The van der Waals surface area contributed by atoms with Crippen LogP contribution in [0.15, 0.2) is 36.8 Å². The molecule has 0 radical (unpaired) electrons. The second kappa shape index (κ2) is 7.09. The minimum Gasteiger partial charge on any atom is -0.287 e. The molecule has 0 aliphatic carbocycles. The molecule has 2 aromatic heterocycles. The molecule has 0 fully saturated rings. The summed E-state index contributed by atoms with van der Waals surface area (Å²) >= 11 is 0. The summed E-state index contributed by atoms with van der Waals surface area (Å²) < 4.78 is 15.7. The van der Waals surface area contributed by atoms with Gasteiger partial charge in [0.05, 0.1) is 11.5 Å². The number of carbonyl (C=O) groups is 1. The summed E-state index contributed by atoms with van der Waals surface area (Å²) in [5, 5.41) is 21.4. The number of halogens is 1. The van der Waals surface area contributed by atoms with Gasteiger partial charge in [0.25, 0.3) is 5.91 Å². The van der Waals surface area contributed by atoms with Crippen molar-refractivity contribution < 1.29 is 14.1 Å². The summed E-state index contributed by atoms with van der Waals surface area (Å²) in [6.45, 7) is 2.46. The van der Waals surface area contributed by atoms with Gasteiger partial charge < -0.3 is 0 Å². The minimum absolute atomic E-state index is 0.0162. The lowest BCUT2D eigenvalue weighted by Crippen LogP contribution is -2.16. The SMILES string of the molecule is CCn1cc([N+](=O)[O-])c(C(=O)Nc2ncn(Cc3ccc(F)cc3)n2)n1. The molecule has 0 aliphatic rings. The van der Waals surface area contributed by atoms with E-state index in [9.17, 15) is 19.3 Å². The summed E-state index contributed by atoms with van der Waals surface area (Å²) in [4.78, 5) is 26.6. The number of amides is 1. The number of benzene rings is 1. The zero-order chi connectivity index (χ0) is 18.7. The van der Waals surface area contributed by atoms with Crippen LogP contribution in [0.1, 0.15) is 23.0 Å². The molecule has 1 N–H and O–H groups in total. The highest BCUT2D eigenvalue weighted by atomic mass is 19.1. The fourth-order valence-electron chi connectivity index (χ4n) is 2.23. The molecule has 1 aromatic carbocycles. The van der Waals surface area contributed by atoms with Crippen LogP contribution in [0.4, 0.5) is 16.0 Å². The molecule has 0 saturated carbocycles. The lowest BCUT2D eigenvalue weighted by atomic mass is 10.2. The third-order valence-electron chi connectivity index (χ3n) is 3.50. The van der Waals surface area contributed by atoms with Gasteiger partial charge in [0.1, 0.15) is 18.3 Å². The highest BCUT2D eigenvalue weighted by molar-refractivity contribution is 6.04. The number of nitrogens with zero attached hydrogens (tertiary/aromatic N) is 6. The highest BCUT2D eigenvalue weighted by Crippen LogP contribution is 2.17. The number of aryl methyl sites for hydroxylation is 1. The van der Waals surface area contributed by atoms with Gasteiger partial charge in [-0.3, -0.25) is 24.9 Å². The van der Waals surface area contributed by atoms with Gasteiger partial charge in [0.2, 0.25) is 11.6 Å². The Labute approximate surface area is 146 Å². The molecule has 2 heterocycles. The molecular weight excluding hydrogens is 345 g/mol. The van der Waals surface area contributed by atoms with E-state index in [1.54, 1.807) is 19.1 Å². The first-order valence-corrected chi connectivity index (χ1v) is 7.63. The monoisotopic (exact) mass is 359 g/mol. The standard InChI is InChI=1S/C15H14FN7O3/c1-2-21-8-12(23(25)26)13(19-21)14(24)18-15-17-9-22(20-15)7-10-3-5-11(16)6-4-10/h3-6,8-9H,2,7H2,1H3,(H,18,20,24). The molecule has 0 bridgehead atoms. The van der Waals surface area contributed by atoms with Crippen molar-refractivity contribution in [3.63, 3.8) is 0 Å². The van der Waals surface area contributed by atoms with Gasteiger partial charge in [0, 0.05) is 6.54 Å². The third-order valence-corrected chi connectivity index (χ3v) is 3.50. The smallest absolute Gasteiger partial charge is 0.287 e. The predicted molar refractivity (Wildman–Crippen MR) is 88.0 cm³/mol. The van der Waals surface area contributed by atoms with Gasteiger partial charge in [-0.2, -0.15) is 5.10 Å². The largest absolute Gasteiger partial charge is 0.320 e. The number of hydrogen-bond acceptors (Lipinski definition) is 6. The Balaban J connectivity index is 1.72. The molecule has 11 heteroatoms. The molecule has 0 unspecified atom stereocenters. The lowest BCUT2D eigenvalue weighted by molar-refractivity contribution is -0.385. The molecule has 0 saturated heterocycles. The molecule has 1 amide bonds. The van der Waals surface area contributed by atoms with Crippen LogP contribution in [0.2, 0.25) is 0 Å². The quantitative estimate of drug-likeness (QED) is 0.529. The van der Waals surface area contributed by atoms with Crippen molar-refractivity contribution in [3.8, 4) is 0 Å². The third kappa shape index (κ3) is 3.71. The van der Waals surface area contributed by atoms with Crippen LogP contribution >= 0.6 is 0 Å². The Bertz CT molecular complexity index is 949. The maximum absolute atomic E-state index is 12.9. The van der Waals surface area contributed by atoms with Crippen LogP contribution in [0.5, 0.6) is 0 Å². The molecule has 0 atom stereocenters. The second-order valence-corrected chi connectivity index (χ2v) is 5.32. The number of carbonyl (C=O) groups excluding carboxylic acids is 1. The van der Waals surface area contributed by atoms with Crippen molar-refractivity contribution >= 4 is 17.5 Å². The van der Waals surface area contributed by atoms with E-state index >= 15 is 0 Å². The fraction of sp³-hybridized carbons (Fsp3) is 0.200. The van der Waals surface area contributed by atoms with Gasteiger partial charge in [-0.05, 0) is 24.6 Å². The van der Waals surface area contributed by atoms with Gasteiger partial charge in [0.15, 0.2) is 0 Å². The average Bonchev–Trinajstić information content (AvgIpc) is 3.23. The van der Waals surface area contributed by atoms with Crippen molar-refractivity contribution in [1.82, 2.24) is 24.5 Å². The Hall–Kier alpha value is -3.63. The Morgan fingerprint density at radius 3 is 2.65 bits per heavy atom. The van der Waals surface area contributed by atoms with Gasteiger partial charge in [-0.1, -0.05) is 12.1 Å². The van der Waals surface area contributed by atoms with Crippen molar-refractivity contribution in [2.24, 2.45) is 0 Å². The Morgan fingerprint density at radius 1 is 1.27 bits per heavy atom. The van der Waals surface area contributed by atoms with Crippen molar-refractivity contribution in [2.45, 2.75) is 20.0 Å². The van der Waals surface area contributed by atoms with Gasteiger partial charge >= 0.3 is 5.69 Å². The molecule has 0 spiro atoms. The van der Waals surface area contributed by atoms with E-state index < -0.39 is 16.5 Å². The first-order chi connectivity index (χ1) is 12.5. The molecule has 10 nitrogen and oxygen atoms in total. The molecule has 3 rings (SSSR count). The lowest BCUT2D eigenvalue weighted by Gasteiger charge is -2.01. The van der Waals surface area contributed by atoms with E-state index in [1.807, 2.05) is 0 Å². The Morgan fingerprint density at radius 2 is 2.00 bits per heavy atom. The second-order valence-electron chi connectivity index (χ2n) is 5.32. The summed E-state index contributed by atoms with van der Waals surface area (Å²) in [5.74, 6) is -1.13. The van der Waals surface area contributed by atoms with Gasteiger partial charge in [-0.15, -0.1) is 5.10 Å². The van der Waals surface area contributed by atoms with Crippen molar-refractivity contribution in [2.75, 3.05) is 5.32 Å². The number of rotatable bonds is 6. The molecule has 3 aromatic rings. The number of aromatic nitrogens is 5. The minimum atomic E-state index is -0.775. The van der Waals surface area contributed by atoms with Gasteiger partial charge in [-0.25, -0.2) is 14.1 Å². The summed E-state index contributed by atoms with van der Waals surface area (Å²) in [7, 11) is 0. The van der Waals surface area contributed by atoms with Crippen LogP contribution < -0.4 is 5.32 Å². The molecule has 134 valence electrons. The number of nitrogens with one attached hydrogen (secondary N) is 1. The maximum Gasteiger partial charge on any atom is 0.320 e. The van der Waals surface area contributed by atoms with Crippen LogP contribution in [-0.2, 0) is 13.1 Å². The zero-order valence-electron chi connectivity index (χ0n) is 13.7. The summed E-state index contributed by atoms with van der Waals surface area (Å²) in [6, 6.07) is 5.88. The van der Waals surface area contributed by atoms with Crippen molar-refractivity contribution in [1.29, 1.82) is 0 Å². The van der Waals surface area contributed by atoms with E-state index in [2.05, 4.69) is 20.5 Å². The van der Waals surface area contributed by atoms with Crippen LogP contribution in [0.25, 0.3) is 0 Å². The van der Waals surface area contributed by atoms with E-state index in [4.69, 9.17) is 0 Å². The fourth-order valence-corrected chi connectivity index (χ4v) is 2.23. The van der Waals surface area contributed by atoms with E-state index in [-0.39, 0.29) is 17.5 Å². The normalized spacial score (nSPS) is 10.7. The average molecular weight is 359 g/mol. The van der Waals surface area contributed by atoms with Crippen LogP contribution in [-0.4, -0.2) is 35.4 Å². The molecule has 0 aliphatic heterocycles. The maximum atomic E-state index is 12.9. The Kier molecular flexibility index (Phi) is 4.69. The number of hydrogen-bond donors (Lipinski definition) is 1. The van der Waals surface area contributed by atoms with E-state index in [0.29, 0.717) is 13.1 Å². The summed E-state index contributed by atoms with van der Waals surface area (Å²) in [6.07, 6.45) is 2.58. The zero-order valence-corrected chi connectivity index (χ0v) is 13.7. The van der Waals surface area contributed by atoms with Crippen molar-refractivity contribution in [3.05, 3.63) is 64.0 Å². The predicted octanol–water partition coefficient (Wildman–Crippen LogP) is 1.84. The topological polar surface area (TPSA) is 121 Å². The van der Waals surface area contributed by atoms with Crippen LogP contribution in [0, 0.1) is 15.9 Å². The number of anilines is 1. The van der Waals surface area contributed by atoms with Crippen LogP contribution in [0.3, 0.4) is 0 Å². The number of nitro groups is 1.